The number of nitrogens with zero attached hydrogens (tertiary/aromatic N) is 1. The largest absolute Gasteiger partial charge is 0.494 e. The average molecular weight is 435 g/mol. The van der Waals surface area contributed by atoms with Crippen LogP contribution in [-0.2, 0) is 14.8 Å². The van der Waals surface area contributed by atoms with E-state index in [2.05, 4.69) is 5.32 Å². The maximum Gasteiger partial charge on any atom is 0.274 e. The fraction of sp³-hybridized carbons (Fsp3) is 0.150. The second kappa shape index (κ2) is 9.06. The first kappa shape index (κ1) is 20.8. The second-order valence-corrected chi connectivity index (χ2v) is 8.96. The molecule has 0 bridgehead atoms. The SMILES string of the molecule is CCOc1ccc(NC(=O)CN(c2ccc(F)cc2)S(=O)(=O)c2cccs2)cc1. The Morgan fingerprint density at radius 3 is 2.38 bits per heavy atom. The Kier molecular flexibility index (Phi) is 6.50. The van der Waals surface area contributed by atoms with Crippen LogP contribution in [0.15, 0.2) is 70.3 Å². The Balaban J connectivity index is 1.83. The summed E-state index contributed by atoms with van der Waals surface area (Å²) in [6.45, 7) is 1.94. The van der Waals surface area contributed by atoms with E-state index < -0.39 is 28.3 Å². The van der Waals surface area contributed by atoms with Gasteiger partial charge in [0.1, 0.15) is 22.3 Å². The smallest absolute Gasteiger partial charge is 0.274 e. The van der Waals surface area contributed by atoms with Crippen LogP contribution in [0.1, 0.15) is 6.92 Å². The number of amides is 1. The van der Waals surface area contributed by atoms with Crippen molar-refractivity contribution in [3.8, 4) is 5.75 Å². The van der Waals surface area contributed by atoms with Crippen molar-refractivity contribution >= 4 is 38.6 Å². The summed E-state index contributed by atoms with van der Waals surface area (Å²) in [5.74, 6) is -0.363. The number of carbonyl (C=O) groups is 1. The van der Waals surface area contributed by atoms with Crippen molar-refractivity contribution in [3.05, 3.63) is 71.9 Å². The number of sulfonamides is 1. The third-order valence-corrected chi connectivity index (χ3v) is 7.04. The van der Waals surface area contributed by atoms with Crippen molar-refractivity contribution < 1.29 is 22.3 Å². The van der Waals surface area contributed by atoms with Crippen LogP contribution >= 0.6 is 11.3 Å². The van der Waals surface area contributed by atoms with Crippen LogP contribution in [0.2, 0.25) is 0 Å². The van der Waals surface area contributed by atoms with Gasteiger partial charge in [0.25, 0.3) is 10.0 Å². The van der Waals surface area contributed by atoms with Gasteiger partial charge in [-0.2, -0.15) is 0 Å². The van der Waals surface area contributed by atoms with Crippen molar-refractivity contribution in [1.29, 1.82) is 0 Å². The highest BCUT2D eigenvalue weighted by molar-refractivity contribution is 7.94. The minimum atomic E-state index is -3.98. The molecule has 9 heteroatoms. The lowest BCUT2D eigenvalue weighted by Crippen LogP contribution is -2.37. The summed E-state index contributed by atoms with van der Waals surface area (Å²) in [6.07, 6.45) is 0. The van der Waals surface area contributed by atoms with Crippen molar-refractivity contribution in [2.75, 3.05) is 22.8 Å². The fourth-order valence-corrected chi connectivity index (χ4v) is 5.10. The Hall–Kier alpha value is -2.91. The number of halogens is 1. The molecule has 29 heavy (non-hydrogen) atoms. The van der Waals surface area contributed by atoms with Crippen LogP contribution < -0.4 is 14.4 Å². The van der Waals surface area contributed by atoms with Gasteiger partial charge in [-0.25, -0.2) is 12.8 Å². The summed E-state index contributed by atoms with van der Waals surface area (Å²) in [5.41, 5.74) is 0.702. The number of thiophene rings is 1. The van der Waals surface area contributed by atoms with Gasteiger partial charge in [0.2, 0.25) is 5.91 Å². The van der Waals surface area contributed by atoms with Crippen molar-refractivity contribution in [2.45, 2.75) is 11.1 Å². The van der Waals surface area contributed by atoms with Gasteiger partial charge in [-0.1, -0.05) is 6.07 Å². The quantitative estimate of drug-likeness (QED) is 0.579. The molecular formula is C20H19FN2O4S2. The summed E-state index contributed by atoms with van der Waals surface area (Å²) in [6, 6.07) is 14.8. The van der Waals surface area contributed by atoms with E-state index in [0.29, 0.717) is 18.0 Å². The van der Waals surface area contributed by atoms with E-state index in [4.69, 9.17) is 4.74 Å². The van der Waals surface area contributed by atoms with Crippen LogP contribution in [0.3, 0.4) is 0 Å². The summed E-state index contributed by atoms with van der Waals surface area (Å²) < 4.78 is 45.8. The molecule has 0 aliphatic heterocycles. The lowest BCUT2D eigenvalue weighted by Gasteiger charge is -2.23. The minimum Gasteiger partial charge on any atom is -0.494 e. The number of ether oxygens (including phenoxy) is 1. The molecule has 0 radical (unpaired) electrons. The Morgan fingerprint density at radius 2 is 1.79 bits per heavy atom. The molecule has 0 aliphatic carbocycles. The summed E-state index contributed by atoms with van der Waals surface area (Å²) in [4.78, 5) is 12.6. The molecule has 0 saturated carbocycles. The van der Waals surface area contributed by atoms with Crippen LogP contribution in [0.5, 0.6) is 5.75 Å². The molecule has 1 aromatic heterocycles. The lowest BCUT2D eigenvalue weighted by atomic mass is 10.3. The molecule has 152 valence electrons. The van der Waals surface area contributed by atoms with Gasteiger partial charge in [-0.15, -0.1) is 11.3 Å². The predicted molar refractivity (Wildman–Crippen MR) is 111 cm³/mol. The fourth-order valence-electron chi connectivity index (χ4n) is 2.57. The standard InChI is InChI=1S/C20H19FN2O4S2/c1-2-27-18-11-7-16(8-12-18)22-19(24)14-23(17-9-5-15(21)6-10-17)29(25,26)20-4-3-13-28-20/h3-13H,2,14H2,1H3,(H,22,24). The summed E-state index contributed by atoms with van der Waals surface area (Å²) in [7, 11) is -3.98. The first-order valence-electron chi connectivity index (χ1n) is 8.74. The molecular weight excluding hydrogens is 415 g/mol. The van der Waals surface area contributed by atoms with Crippen molar-refractivity contribution in [3.63, 3.8) is 0 Å². The molecule has 1 heterocycles. The van der Waals surface area contributed by atoms with Gasteiger partial charge in [-0.05, 0) is 66.9 Å². The number of nitrogens with one attached hydrogen (secondary N) is 1. The van der Waals surface area contributed by atoms with Crippen LogP contribution in [0, 0.1) is 5.82 Å². The van der Waals surface area contributed by atoms with Gasteiger partial charge >= 0.3 is 0 Å². The van der Waals surface area contributed by atoms with E-state index in [1.165, 1.54) is 18.2 Å². The maximum atomic E-state index is 13.3. The van der Waals surface area contributed by atoms with E-state index in [-0.39, 0.29) is 9.90 Å². The zero-order valence-electron chi connectivity index (χ0n) is 15.5. The zero-order chi connectivity index (χ0) is 20.9. The van der Waals surface area contributed by atoms with Crippen molar-refractivity contribution in [1.82, 2.24) is 0 Å². The highest BCUT2D eigenvalue weighted by Crippen LogP contribution is 2.27. The van der Waals surface area contributed by atoms with Gasteiger partial charge < -0.3 is 10.1 Å². The second-order valence-electron chi connectivity index (χ2n) is 5.93. The van der Waals surface area contributed by atoms with Gasteiger partial charge in [0, 0.05) is 5.69 Å². The van der Waals surface area contributed by atoms with E-state index in [0.717, 1.165) is 27.8 Å². The molecule has 1 amide bonds. The Bertz CT molecular complexity index is 1050. The van der Waals surface area contributed by atoms with Crippen LogP contribution in [-0.4, -0.2) is 27.5 Å². The number of hydrogen-bond acceptors (Lipinski definition) is 5. The molecule has 0 saturated heterocycles. The maximum absolute atomic E-state index is 13.3. The highest BCUT2D eigenvalue weighted by Gasteiger charge is 2.28. The molecule has 0 spiro atoms. The van der Waals surface area contributed by atoms with E-state index in [1.54, 1.807) is 35.7 Å². The minimum absolute atomic E-state index is 0.0932. The van der Waals surface area contributed by atoms with Gasteiger partial charge in [0.15, 0.2) is 0 Å². The molecule has 3 aromatic rings. The average Bonchev–Trinajstić information content (AvgIpc) is 3.24. The summed E-state index contributed by atoms with van der Waals surface area (Å²) in [5, 5.41) is 4.30. The monoisotopic (exact) mass is 434 g/mol. The topological polar surface area (TPSA) is 75.7 Å². The number of carbonyl (C=O) groups excluding carboxylic acids is 1. The molecule has 0 fully saturated rings. The molecule has 3 rings (SSSR count). The number of benzene rings is 2. The predicted octanol–water partition coefficient (Wildman–Crippen LogP) is 4.12. The normalized spacial score (nSPS) is 11.1. The van der Waals surface area contributed by atoms with E-state index in [1.807, 2.05) is 6.92 Å². The third kappa shape index (κ3) is 5.12. The molecule has 0 aliphatic rings. The van der Waals surface area contributed by atoms with Gasteiger partial charge in [-0.3, -0.25) is 9.10 Å². The molecule has 0 atom stereocenters. The summed E-state index contributed by atoms with van der Waals surface area (Å²) >= 11 is 1.04. The van der Waals surface area contributed by atoms with Gasteiger partial charge in [0.05, 0.1) is 12.3 Å². The first-order valence-corrected chi connectivity index (χ1v) is 11.1. The first-order chi connectivity index (χ1) is 13.9. The zero-order valence-corrected chi connectivity index (χ0v) is 17.2. The lowest BCUT2D eigenvalue weighted by molar-refractivity contribution is -0.114. The number of hydrogen-bond donors (Lipinski definition) is 1. The molecule has 2 aromatic carbocycles. The number of anilines is 2. The van der Waals surface area contributed by atoms with E-state index in [9.17, 15) is 17.6 Å². The molecule has 1 N–H and O–H groups in total. The Labute approximate surface area is 172 Å². The van der Waals surface area contributed by atoms with Crippen LogP contribution in [0.25, 0.3) is 0 Å². The van der Waals surface area contributed by atoms with E-state index >= 15 is 0 Å². The Morgan fingerprint density at radius 1 is 1.10 bits per heavy atom. The van der Waals surface area contributed by atoms with Crippen LogP contribution in [0.4, 0.5) is 15.8 Å². The number of rotatable bonds is 8. The molecule has 6 nitrogen and oxygen atoms in total. The van der Waals surface area contributed by atoms with Crippen molar-refractivity contribution in [2.24, 2.45) is 0 Å². The third-order valence-electron chi connectivity index (χ3n) is 3.89. The highest BCUT2D eigenvalue weighted by atomic mass is 32.2. The molecule has 0 unspecified atom stereocenters.